The highest BCUT2D eigenvalue weighted by atomic mass is 32.2. The van der Waals surface area contributed by atoms with Crippen LogP contribution in [0, 0.1) is 12.7 Å². The first-order valence-corrected chi connectivity index (χ1v) is 12.6. The van der Waals surface area contributed by atoms with Gasteiger partial charge in [0.25, 0.3) is 0 Å². The molecular formula is C26H28FNO5S. The molecule has 1 fully saturated rings. The summed E-state index contributed by atoms with van der Waals surface area (Å²) < 4.78 is 52.4. The highest BCUT2D eigenvalue weighted by molar-refractivity contribution is 7.89. The minimum Gasteiger partial charge on any atom is -0.495 e. The van der Waals surface area contributed by atoms with Crippen LogP contribution in [-0.4, -0.2) is 46.0 Å². The summed E-state index contributed by atoms with van der Waals surface area (Å²) in [6, 6.07) is 13.2. The maximum absolute atomic E-state index is 14.2. The van der Waals surface area contributed by atoms with Crippen molar-refractivity contribution in [1.29, 1.82) is 0 Å². The molecule has 8 heteroatoms. The van der Waals surface area contributed by atoms with Gasteiger partial charge in [-0.3, -0.25) is 4.79 Å². The van der Waals surface area contributed by atoms with Crippen molar-refractivity contribution in [3.05, 3.63) is 71.0 Å². The molecule has 0 radical (unpaired) electrons. The van der Waals surface area contributed by atoms with Crippen molar-refractivity contribution in [2.24, 2.45) is 0 Å². The van der Waals surface area contributed by atoms with Crippen molar-refractivity contribution < 1.29 is 27.1 Å². The minimum atomic E-state index is -3.71. The lowest BCUT2D eigenvalue weighted by Crippen LogP contribution is -2.38. The predicted octanol–water partition coefficient (Wildman–Crippen LogP) is 4.58. The molecule has 4 rings (SSSR count). The largest absolute Gasteiger partial charge is 0.495 e. The van der Waals surface area contributed by atoms with Crippen LogP contribution >= 0.6 is 0 Å². The Kier molecular flexibility index (Phi) is 6.91. The van der Waals surface area contributed by atoms with E-state index >= 15 is 0 Å². The Labute approximate surface area is 199 Å². The number of hydrogen-bond donors (Lipinski definition) is 0. The Morgan fingerprint density at radius 3 is 2.47 bits per heavy atom. The monoisotopic (exact) mass is 485 g/mol. The number of nitrogens with zero attached hydrogens (tertiary/aromatic N) is 1. The maximum Gasteiger partial charge on any atom is 0.309 e. The van der Waals surface area contributed by atoms with Gasteiger partial charge >= 0.3 is 5.97 Å². The van der Waals surface area contributed by atoms with Gasteiger partial charge < -0.3 is 9.47 Å². The third-order valence-electron chi connectivity index (χ3n) is 6.63. The number of hydrogen-bond acceptors (Lipinski definition) is 5. The van der Waals surface area contributed by atoms with Gasteiger partial charge in [0.05, 0.1) is 20.6 Å². The lowest BCUT2D eigenvalue weighted by Gasteiger charge is -2.33. The van der Waals surface area contributed by atoms with E-state index in [2.05, 4.69) is 0 Å². The summed E-state index contributed by atoms with van der Waals surface area (Å²) in [6.07, 6.45) is 1.30. The van der Waals surface area contributed by atoms with E-state index in [-0.39, 0.29) is 29.0 Å². The highest BCUT2D eigenvalue weighted by Crippen LogP contribution is 2.39. The topological polar surface area (TPSA) is 72.9 Å². The molecule has 1 aliphatic rings. The van der Waals surface area contributed by atoms with E-state index < -0.39 is 10.0 Å². The lowest BCUT2D eigenvalue weighted by molar-refractivity contribution is -0.139. The number of sulfonamides is 1. The number of carbonyl (C=O) groups is 1. The molecule has 0 atom stereocenters. The summed E-state index contributed by atoms with van der Waals surface area (Å²) in [5.41, 5.74) is 2.74. The minimum absolute atomic E-state index is 0.0333. The lowest BCUT2D eigenvalue weighted by atomic mass is 9.82. The van der Waals surface area contributed by atoms with Gasteiger partial charge in [-0.05, 0) is 77.4 Å². The average Bonchev–Trinajstić information content (AvgIpc) is 2.84. The molecule has 0 bridgehead atoms. The van der Waals surface area contributed by atoms with Gasteiger partial charge in [-0.2, -0.15) is 4.31 Å². The van der Waals surface area contributed by atoms with Crippen molar-refractivity contribution in [2.75, 3.05) is 27.3 Å². The SMILES string of the molecule is COC(=O)Cc1cc2ccc(F)cc2c(C2CCN(S(=O)(=O)c3ccccc3OC)CC2)c1C. The summed E-state index contributed by atoms with van der Waals surface area (Å²) in [5, 5.41) is 1.65. The van der Waals surface area contributed by atoms with Crippen LogP contribution in [0.5, 0.6) is 5.75 Å². The molecule has 3 aromatic carbocycles. The molecule has 1 aliphatic heterocycles. The van der Waals surface area contributed by atoms with E-state index in [1.165, 1.54) is 30.7 Å². The van der Waals surface area contributed by atoms with Crippen LogP contribution < -0.4 is 4.74 Å². The van der Waals surface area contributed by atoms with Gasteiger partial charge in [-0.1, -0.05) is 24.3 Å². The third-order valence-corrected chi connectivity index (χ3v) is 8.57. The van der Waals surface area contributed by atoms with Crippen LogP contribution in [0.2, 0.25) is 0 Å². The molecule has 0 aromatic heterocycles. The van der Waals surface area contributed by atoms with Gasteiger partial charge in [0, 0.05) is 13.1 Å². The summed E-state index contributed by atoms with van der Waals surface area (Å²) in [7, 11) is -0.903. The number of rotatable bonds is 6. The number of esters is 1. The second kappa shape index (κ2) is 9.72. The number of fused-ring (bicyclic) bond motifs is 1. The fourth-order valence-corrected chi connectivity index (χ4v) is 6.48. The Balaban J connectivity index is 1.67. The molecule has 0 N–H and O–H groups in total. The van der Waals surface area contributed by atoms with Crippen LogP contribution in [0.1, 0.15) is 35.4 Å². The van der Waals surface area contributed by atoms with Crippen LogP contribution in [0.4, 0.5) is 4.39 Å². The van der Waals surface area contributed by atoms with E-state index in [0.29, 0.717) is 31.7 Å². The second-order valence-electron chi connectivity index (χ2n) is 8.52. The van der Waals surface area contributed by atoms with E-state index in [1.54, 1.807) is 30.3 Å². The molecule has 180 valence electrons. The zero-order chi connectivity index (χ0) is 24.5. The fourth-order valence-electron chi connectivity index (χ4n) is 4.85. The Morgan fingerprint density at radius 1 is 1.09 bits per heavy atom. The normalized spacial score (nSPS) is 15.4. The molecule has 1 heterocycles. The van der Waals surface area contributed by atoms with Gasteiger partial charge in [0.15, 0.2) is 0 Å². The van der Waals surface area contributed by atoms with E-state index in [4.69, 9.17) is 9.47 Å². The molecule has 0 amide bonds. The van der Waals surface area contributed by atoms with E-state index in [9.17, 15) is 17.6 Å². The Hall–Kier alpha value is -2.97. The van der Waals surface area contributed by atoms with Gasteiger partial charge in [0.1, 0.15) is 16.5 Å². The van der Waals surface area contributed by atoms with Gasteiger partial charge in [0.2, 0.25) is 10.0 Å². The van der Waals surface area contributed by atoms with Crippen molar-refractivity contribution in [1.82, 2.24) is 4.31 Å². The fraction of sp³-hybridized carbons (Fsp3) is 0.346. The molecular weight excluding hydrogens is 457 g/mol. The van der Waals surface area contributed by atoms with Crippen molar-refractivity contribution in [2.45, 2.75) is 37.0 Å². The highest BCUT2D eigenvalue weighted by Gasteiger charge is 2.33. The standard InChI is InChI=1S/C26H28FNO5S/c1-17-20(15-25(29)33-3)14-19-8-9-21(27)16-22(19)26(17)18-10-12-28(13-11-18)34(30,31)24-7-5-4-6-23(24)32-2/h4-9,14,16,18H,10-13,15H2,1-3H3. The Morgan fingerprint density at radius 2 is 1.79 bits per heavy atom. The first-order chi connectivity index (χ1) is 16.3. The second-order valence-corrected chi connectivity index (χ2v) is 10.4. The van der Waals surface area contributed by atoms with Crippen LogP contribution in [0.3, 0.4) is 0 Å². The molecule has 0 spiro atoms. The van der Waals surface area contributed by atoms with Crippen LogP contribution in [-0.2, 0) is 26.0 Å². The van der Waals surface area contributed by atoms with Crippen LogP contribution in [0.15, 0.2) is 53.4 Å². The quantitative estimate of drug-likeness (QED) is 0.478. The molecule has 6 nitrogen and oxygen atoms in total. The van der Waals surface area contributed by atoms with Crippen molar-refractivity contribution in [3.8, 4) is 5.75 Å². The maximum atomic E-state index is 14.2. The molecule has 1 saturated heterocycles. The number of methoxy groups -OCH3 is 2. The summed E-state index contributed by atoms with van der Waals surface area (Å²) >= 11 is 0. The molecule has 3 aromatic rings. The van der Waals surface area contributed by atoms with Crippen molar-refractivity contribution >= 4 is 26.8 Å². The van der Waals surface area contributed by atoms with Gasteiger partial charge in [-0.25, -0.2) is 12.8 Å². The molecule has 34 heavy (non-hydrogen) atoms. The van der Waals surface area contributed by atoms with Gasteiger partial charge in [-0.15, -0.1) is 0 Å². The molecule has 0 unspecified atom stereocenters. The zero-order valence-electron chi connectivity index (χ0n) is 19.5. The molecule has 0 aliphatic carbocycles. The first kappa shape index (κ1) is 24.2. The summed E-state index contributed by atoms with van der Waals surface area (Å²) in [4.78, 5) is 12.1. The molecule has 0 saturated carbocycles. The number of piperidine rings is 1. The van der Waals surface area contributed by atoms with Crippen LogP contribution in [0.25, 0.3) is 10.8 Å². The van der Waals surface area contributed by atoms with E-state index in [1.807, 2.05) is 13.0 Å². The van der Waals surface area contributed by atoms with E-state index in [0.717, 1.165) is 27.5 Å². The number of carbonyl (C=O) groups excluding carboxylic acids is 1. The number of halogens is 1. The predicted molar refractivity (Wildman–Crippen MR) is 128 cm³/mol. The third kappa shape index (κ3) is 4.52. The summed E-state index contributed by atoms with van der Waals surface area (Å²) in [6.45, 7) is 2.61. The Bertz CT molecular complexity index is 1330. The number of benzene rings is 3. The first-order valence-electron chi connectivity index (χ1n) is 11.2. The summed E-state index contributed by atoms with van der Waals surface area (Å²) in [5.74, 6) is -0.318. The average molecular weight is 486 g/mol. The number of ether oxygens (including phenoxy) is 2. The number of para-hydroxylation sites is 1. The zero-order valence-corrected chi connectivity index (χ0v) is 20.3. The van der Waals surface area contributed by atoms with Crippen molar-refractivity contribution in [3.63, 3.8) is 0 Å². The smallest absolute Gasteiger partial charge is 0.309 e.